The molecule has 2 N–H and O–H groups in total. The summed E-state index contributed by atoms with van der Waals surface area (Å²) in [6.07, 6.45) is 2.20. The number of furan rings is 1. The van der Waals surface area contributed by atoms with Gasteiger partial charge in [-0.2, -0.15) is 0 Å². The summed E-state index contributed by atoms with van der Waals surface area (Å²) in [5.41, 5.74) is 0. The van der Waals surface area contributed by atoms with Gasteiger partial charge in [0.1, 0.15) is 5.76 Å². The first-order chi connectivity index (χ1) is 8.68. The summed E-state index contributed by atoms with van der Waals surface area (Å²) in [6, 6.07) is 3.36. The molecular weight excluding hydrogens is 236 g/mol. The van der Waals surface area contributed by atoms with Gasteiger partial charge in [0, 0.05) is 13.0 Å². The Morgan fingerprint density at radius 3 is 2.83 bits per heavy atom. The predicted octanol–water partition coefficient (Wildman–Crippen LogP) is 1.23. The first-order valence-electron chi connectivity index (χ1n) is 6.00. The molecule has 2 heterocycles. The molecule has 0 bridgehead atoms. The van der Waals surface area contributed by atoms with Crippen LogP contribution in [0.4, 0.5) is 4.79 Å². The molecule has 6 nitrogen and oxygen atoms in total. The molecule has 100 valence electrons. The molecule has 18 heavy (non-hydrogen) atoms. The maximum Gasteiger partial charge on any atom is 0.315 e. The van der Waals surface area contributed by atoms with Crippen molar-refractivity contribution in [1.29, 1.82) is 0 Å². The quantitative estimate of drug-likeness (QED) is 0.829. The molecule has 1 aromatic heterocycles. The first-order valence-corrected chi connectivity index (χ1v) is 6.00. The summed E-state index contributed by atoms with van der Waals surface area (Å²) in [4.78, 5) is 11.5. The van der Waals surface area contributed by atoms with Gasteiger partial charge in [-0.05, 0) is 19.1 Å². The summed E-state index contributed by atoms with van der Waals surface area (Å²) < 4.78 is 16.0. The fourth-order valence-corrected chi connectivity index (χ4v) is 1.75. The second-order valence-electron chi connectivity index (χ2n) is 4.27. The molecule has 2 amide bonds. The van der Waals surface area contributed by atoms with E-state index in [1.54, 1.807) is 12.3 Å². The molecule has 1 aliphatic rings. The van der Waals surface area contributed by atoms with Crippen LogP contribution in [0.5, 0.6) is 0 Å². The van der Waals surface area contributed by atoms with Crippen molar-refractivity contribution in [3.63, 3.8) is 0 Å². The number of amides is 2. The van der Waals surface area contributed by atoms with Gasteiger partial charge in [0.2, 0.25) is 0 Å². The highest BCUT2D eigenvalue weighted by Crippen LogP contribution is 2.21. The lowest BCUT2D eigenvalue weighted by Gasteiger charge is -2.22. The van der Waals surface area contributed by atoms with Gasteiger partial charge in [0.05, 0.1) is 26.0 Å². The maximum absolute atomic E-state index is 11.5. The number of rotatable bonds is 5. The van der Waals surface area contributed by atoms with Crippen molar-refractivity contribution in [2.24, 2.45) is 0 Å². The number of nitrogens with one attached hydrogen (secondary N) is 2. The van der Waals surface area contributed by atoms with Gasteiger partial charge >= 0.3 is 6.03 Å². The van der Waals surface area contributed by atoms with E-state index < -0.39 is 5.79 Å². The molecule has 1 fully saturated rings. The van der Waals surface area contributed by atoms with Crippen molar-refractivity contribution < 1.29 is 18.7 Å². The van der Waals surface area contributed by atoms with Gasteiger partial charge in [-0.3, -0.25) is 0 Å². The highest BCUT2D eigenvalue weighted by atomic mass is 16.7. The van der Waals surface area contributed by atoms with Crippen molar-refractivity contribution in [1.82, 2.24) is 10.6 Å². The van der Waals surface area contributed by atoms with Crippen molar-refractivity contribution in [3.8, 4) is 0 Å². The normalized spacial score (nSPS) is 17.6. The van der Waals surface area contributed by atoms with E-state index >= 15 is 0 Å². The van der Waals surface area contributed by atoms with Gasteiger partial charge < -0.3 is 24.5 Å². The summed E-state index contributed by atoms with van der Waals surface area (Å²) >= 11 is 0. The Morgan fingerprint density at radius 2 is 2.17 bits per heavy atom. The summed E-state index contributed by atoms with van der Waals surface area (Å²) in [5, 5.41) is 5.44. The Hall–Kier alpha value is -1.53. The van der Waals surface area contributed by atoms with Crippen LogP contribution >= 0.6 is 0 Å². The van der Waals surface area contributed by atoms with Gasteiger partial charge in [-0.15, -0.1) is 0 Å². The molecule has 0 saturated carbocycles. The van der Waals surface area contributed by atoms with Crippen LogP contribution in [0.2, 0.25) is 0 Å². The first kappa shape index (κ1) is 12.9. The van der Waals surface area contributed by atoms with E-state index in [4.69, 9.17) is 13.9 Å². The Kier molecular flexibility index (Phi) is 4.22. The van der Waals surface area contributed by atoms with Crippen molar-refractivity contribution in [2.75, 3.05) is 19.8 Å². The van der Waals surface area contributed by atoms with Crippen molar-refractivity contribution in [2.45, 2.75) is 25.7 Å². The second-order valence-corrected chi connectivity index (χ2v) is 4.27. The van der Waals surface area contributed by atoms with E-state index in [0.29, 0.717) is 32.7 Å². The minimum atomic E-state index is -0.561. The molecule has 0 spiro atoms. The van der Waals surface area contributed by atoms with E-state index in [0.717, 1.165) is 5.76 Å². The number of carbonyl (C=O) groups is 1. The minimum Gasteiger partial charge on any atom is -0.467 e. The molecule has 1 aromatic rings. The monoisotopic (exact) mass is 254 g/mol. The standard InChI is InChI=1S/C12H18N2O4/c1-12(17-7-8-18-12)4-5-13-11(15)14-9-10-3-2-6-16-10/h2-3,6H,4-5,7-9H2,1H3,(H2,13,14,15). The average Bonchev–Trinajstić information content (AvgIpc) is 2.98. The smallest absolute Gasteiger partial charge is 0.315 e. The van der Waals surface area contributed by atoms with Crippen LogP contribution in [0.25, 0.3) is 0 Å². The largest absolute Gasteiger partial charge is 0.467 e. The summed E-state index contributed by atoms with van der Waals surface area (Å²) in [7, 11) is 0. The van der Waals surface area contributed by atoms with E-state index in [9.17, 15) is 4.79 Å². The van der Waals surface area contributed by atoms with E-state index in [2.05, 4.69) is 10.6 Å². The molecule has 0 radical (unpaired) electrons. The van der Waals surface area contributed by atoms with Crippen LogP contribution in [-0.4, -0.2) is 31.6 Å². The minimum absolute atomic E-state index is 0.229. The van der Waals surface area contributed by atoms with Crippen LogP contribution in [0.3, 0.4) is 0 Å². The van der Waals surface area contributed by atoms with E-state index in [-0.39, 0.29) is 6.03 Å². The molecular formula is C12H18N2O4. The number of urea groups is 1. The Balaban J connectivity index is 1.60. The molecule has 6 heteroatoms. The van der Waals surface area contributed by atoms with Crippen LogP contribution in [0, 0.1) is 0 Å². The zero-order valence-corrected chi connectivity index (χ0v) is 10.4. The molecule has 2 rings (SSSR count). The fraction of sp³-hybridized carbons (Fsp3) is 0.583. The fourth-order valence-electron chi connectivity index (χ4n) is 1.75. The average molecular weight is 254 g/mol. The Bertz CT molecular complexity index is 371. The predicted molar refractivity (Wildman–Crippen MR) is 63.9 cm³/mol. The summed E-state index contributed by atoms with van der Waals surface area (Å²) in [6.45, 7) is 3.98. The third-order valence-electron chi connectivity index (χ3n) is 2.77. The van der Waals surface area contributed by atoms with E-state index in [1.807, 2.05) is 13.0 Å². The molecule has 1 saturated heterocycles. The van der Waals surface area contributed by atoms with Gasteiger partial charge in [0.15, 0.2) is 5.79 Å². The molecule has 0 aliphatic carbocycles. The number of ether oxygens (including phenoxy) is 2. The zero-order valence-electron chi connectivity index (χ0n) is 10.4. The van der Waals surface area contributed by atoms with Crippen molar-refractivity contribution >= 4 is 6.03 Å². The van der Waals surface area contributed by atoms with Crippen LogP contribution in [-0.2, 0) is 16.0 Å². The molecule has 0 aromatic carbocycles. The maximum atomic E-state index is 11.5. The molecule has 1 aliphatic heterocycles. The lowest BCUT2D eigenvalue weighted by atomic mass is 10.2. The van der Waals surface area contributed by atoms with Crippen LogP contribution in [0.15, 0.2) is 22.8 Å². The Morgan fingerprint density at radius 1 is 1.39 bits per heavy atom. The topological polar surface area (TPSA) is 72.7 Å². The number of hydrogen-bond acceptors (Lipinski definition) is 4. The SMILES string of the molecule is CC1(CCNC(=O)NCc2ccco2)OCCO1. The molecule has 0 unspecified atom stereocenters. The van der Waals surface area contributed by atoms with Gasteiger partial charge in [-0.1, -0.05) is 0 Å². The van der Waals surface area contributed by atoms with Crippen LogP contribution in [0.1, 0.15) is 19.1 Å². The lowest BCUT2D eigenvalue weighted by Crippen LogP contribution is -2.38. The lowest BCUT2D eigenvalue weighted by molar-refractivity contribution is -0.145. The van der Waals surface area contributed by atoms with Crippen molar-refractivity contribution in [3.05, 3.63) is 24.2 Å². The van der Waals surface area contributed by atoms with Gasteiger partial charge in [0.25, 0.3) is 0 Å². The zero-order chi connectivity index (χ0) is 12.8. The highest BCUT2D eigenvalue weighted by Gasteiger charge is 2.30. The molecule has 0 atom stereocenters. The summed E-state index contributed by atoms with van der Waals surface area (Å²) in [5.74, 6) is 0.161. The highest BCUT2D eigenvalue weighted by molar-refractivity contribution is 5.73. The van der Waals surface area contributed by atoms with Gasteiger partial charge in [-0.25, -0.2) is 4.79 Å². The Labute approximate surface area is 106 Å². The second kappa shape index (κ2) is 5.88. The number of hydrogen-bond donors (Lipinski definition) is 2. The third kappa shape index (κ3) is 3.75. The third-order valence-corrected chi connectivity index (χ3v) is 2.77. The van der Waals surface area contributed by atoms with E-state index in [1.165, 1.54) is 0 Å². The number of carbonyl (C=O) groups excluding carboxylic acids is 1. The van der Waals surface area contributed by atoms with Crippen LogP contribution < -0.4 is 10.6 Å².